The molecule has 0 saturated carbocycles. The molecule has 4 nitrogen and oxygen atoms in total. The van der Waals surface area contributed by atoms with E-state index in [1.54, 1.807) is 12.1 Å². The van der Waals surface area contributed by atoms with Crippen molar-refractivity contribution in [3.8, 4) is 11.5 Å². The third-order valence-corrected chi connectivity index (χ3v) is 3.64. The number of nitrogens with one attached hydrogen (secondary N) is 1. The Morgan fingerprint density at radius 2 is 1.84 bits per heavy atom. The third kappa shape index (κ3) is 5.68. The lowest BCUT2D eigenvalue weighted by atomic mass is 10.2. The maximum Gasteiger partial charge on any atom is 0.255 e. The van der Waals surface area contributed by atoms with E-state index in [0.717, 1.165) is 17.7 Å². The zero-order chi connectivity index (χ0) is 18.2. The van der Waals surface area contributed by atoms with Crippen molar-refractivity contribution in [2.45, 2.75) is 33.3 Å². The first-order valence-corrected chi connectivity index (χ1v) is 8.44. The fourth-order valence-corrected chi connectivity index (χ4v) is 2.09. The summed E-state index contributed by atoms with van der Waals surface area (Å²) in [7, 11) is 0. The minimum atomic E-state index is -0.193. The van der Waals surface area contributed by atoms with Crippen molar-refractivity contribution in [3.05, 3.63) is 66.2 Å². The minimum Gasteiger partial charge on any atom is -0.491 e. The highest BCUT2D eigenvalue weighted by Crippen LogP contribution is 2.25. The van der Waals surface area contributed by atoms with Gasteiger partial charge in [0.2, 0.25) is 0 Å². The van der Waals surface area contributed by atoms with Crippen molar-refractivity contribution in [3.63, 3.8) is 0 Å². The second-order valence-electron chi connectivity index (χ2n) is 6.06. The lowest BCUT2D eigenvalue weighted by molar-refractivity contribution is 0.102. The number of amides is 1. The van der Waals surface area contributed by atoms with Crippen LogP contribution >= 0.6 is 0 Å². The van der Waals surface area contributed by atoms with Gasteiger partial charge < -0.3 is 14.8 Å². The predicted octanol–water partition coefficient (Wildman–Crippen LogP) is 5.07. The van der Waals surface area contributed by atoms with Gasteiger partial charge in [-0.05, 0) is 62.2 Å². The van der Waals surface area contributed by atoms with Crippen LogP contribution in [0.25, 0.3) is 0 Å². The van der Waals surface area contributed by atoms with Crippen LogP contribution in [-0.4, -0.2) is 18.6 Å². The highest BCUT2D eigenvalue weighted by molar-refractivity contribution is 6.05. The van der Waals surface area contributed by atoms with Crippen LogP contribution in [0.2, 0.25) is 0 Å². The Kier molecular flexibility index (Phi) is 6.63. The van der Waals surface area contributed by atoms with Crippen LogP contribution in [-0.2, 0) is 0 Å². The first-order valence-electron chi connectivity index (χ1n) is 8.44. The Morgan fingerprint density at radius 1 is 1.16 bits per heavy atom. The fourth-order valence-electron chi connectivity index (χ4n) is 2.09. The van der Waals surface area contributed by atoms with Crippen molar-refractivity contribution in [1.29, 1.82) is 0 Å². The summed E-state index contributed by atoms with van der Waals surface area (Å²) in [6.07, 6.45) is 1.08. The SMILES string of the molecule is C=C(C)COc1ccccc1NC(=O)c1ccc(OC(C)CC)cc1. The molecule has 4 heteroatoms. The number of benzene rings is 2. The molecular weight excluding hydrogens is 314 g/mol. The van der Waals surface area contributed by atoms with E-state index < -0.39 is 0 Å². The number of rotatable bonds is 8. The van der Waals surface area contributed by atoms with Crippen LogP contribution < -0.4 is 14.8 Å². The molecule has 0 spiro atoms. The molecule has 1 unspecified atom stereocenters. The Labute approximate surface area is 149 Å². The molecule has 0 aromatic heterocycles. The van der Waals surface area contributed by atoms with Crippen LogP contribution in [0.3, 0.4) is 0 Å². The maximum atomic E-state index is 12.5. The van der Waals surface area contributed by atoms with Crippen molar-refractivity contribution < 1.29 is 14.3 Å². The van der Waals surface area contributed by atoms with Gasteiger partial charge in [0.15, 0.2) is 0 Å². The molecule has 0 heterocycles. The van der Waals surface area contributed by atoms with E-state index in [1.165, 1.54) is 0 Å². The molecule has 0 aliphatic heterocycles. The van der Waals surface area contributed by atoms with Crippen molar-refractivity contribution >= 4 is 11.6 Å². The van der Waals surface area contributed by atoms with E-state index >= 15 is 0 Å². The molecule has 2 aromatic carbocycles. The van der Waals surface area contributed by atoms with Crippen molar-refractivity contribution in [1.82, 2.24) is 0 Å². The normalized spacial score (nSPS) is 11.5. The molecule has 1 atom stereocenters. The van der Waals surface area contributed by atoms with Gasteiger partial charge in [-0.15, -0.1) is 0 Å². The van der Waals surface area contributed by atoms with E-state index in [4.69, 9.17) is 9.47 Å². The van der Waals surface area contributed by atoms with Crippen LogP contribution in [0.1, 0.15) is 37.6 Å². The summed E-state index contributed by atoms with van der Waals surface area (Å²) >= 11 is 0. The summed E-state index contributed by atoms with van der Waals surface area (Å²) < 4.78 is 11.4. The summed E-state index contributed by atoms with van der Waals surface area (Å²) in [5.74, 6) is 1.19. The maximum absolute atomic E-state index is 12.5. The molecule has 0 radical (unpaired) electrons. The molecule has 2 aromatic rings. The lowest BCUT2D eigenvalue weighted by Gasteiger charge is -2.14. The highest BCUT2D eigenvalue weighted by atomic mass is 16.5. The fraction of sp³-hybridized carbons (Fsp3) is 0.286. The minimum absolute atomic E-state index is 0.150. The van der Waals surface area contributed by atoms with Gasteiger partial charge in [0, 0.05) is 5.56 Å². The second-order valence-corrected chi connectivity index (χ2v) is 6.06. The van der Waals surface area contributed by atoms with Gasteiger partial charge in [-0.25, -0.2) is 0 Å². The number of carbonyl (C=O) groups is 1. The third-order valence-electron chi connectivity index (χ3n) is 3.64. The van der Waals surface area contributed by atoms with E-state index in [-0.39, 0.29) is 12.0 Å². The number of anilines is 1. The Balaban J connectivity index is 2.05. The average Bonchev–Trinajstić information content (AvgIpc) is 2.61. The smallest absolute Gasteiger partial charge is 0.255 e. The monoisotopic (exact) mass is 339 g/mol. The van der Waals surface area contributed by atoms with E-state index in [0.29, 0.717) is 23.6 Å². The molecule has 0 aliphatic rings. The summed E-state index contributed by atoms with van der Waals surface area (Å²) in [5.41, 5.74) is 2.11. The molecular formula is C21H25NO3. The molecule has 1 amide bonds. The van der Waals surface area contributed by atoms with Crippen LogP contribution in [0.15, 0.2) is 60.7 Å². The zero-order valence-electron chi connectivity index (χ0n) is 15.0. The second kappa shape index (κ2) is 8.92. The van der Waals surface area contributed by atoms with E-state index in [1.807, 2.05) is 50.2 Å². The first-order chi connectivity index (χ1) is 12.0. The van der Waals surface area contributed by atoms with Crippen molar-refractivity contribution in [2.24, 2.45) is 0 Å². The average molecular weight is 339 g/mol. The topological polar surface area (TPSA) is 47.6 Å². The Hall–Kier alpha value is -2.75. The number of para-hydroxylation sites is 2. The molecule has 0 saturated heterocycles. The van der Waals surface area contributed by atoms with Crippen LogP contribution in [0, 0.1) is 0 Å². The first kappa shape index (κ1) is 18.6. The van der Waals surface area contributed by atoms with Gasteiger partial charge in [0.1, 0.15) is 18.1 Å². The van der Waals surface area contributed by atoms with Crippen LogP contribution in [0.4, 0.5) is 5.69 Å². The van der Waals surface area contributed by atoms with Crippen LogP contribution in [0.5, 0.6) is 11.5 Å². The van der Waals surface area contributed by atoms with Gasteiger partial charge in [-0.2, -0.15) is 0 Å². The summed E-state index contributed by atoms with van der Waals surface area (Å²) in [5, 5.41) is 2.89. The van der Waals surface area contributed by atoms with Crippen molar-refractivity contribution in [2.75, 3.05) is 11.9 Å². The van der Waals surface area contributed by atoms with Gasteiger partial charge in [0.25, 0.3) is 5.91 Å². The number of ether oxygens (including phenoxy) is 2. The molecule has 1 N–H and O–H groups in total. The van der Waals surface area contributed by atoms with E-state index in [2.05, 4.69) is 18.8 Å². The molecule has 132 valence electrons. The van der Waals surface area contributed by atoms with Gasteiger partial charge in [-0.1, -0.05) is 25.6 Å². The number of hydrogen-bond acceptors (Lipinski definition) is 3. The number of hydrogen-bond donors (Lipinski definition) is 1. The molecule has 25 heavy (non-hydrogen) atoms. The molecule has 0 bridgehead atoms. The largest absolute Gasteiger partial charge is 0.491 e. The highest BCUT2D eigenvalue weighted by Gasteiger charge is 2.10. The van der Waals surface area contributed by atoms with Gasteiger partial charge >= 0.3 is 0 Å². The lowest BCUT2D eigenvalue weighted by Crippen LogP contribution is -2.13. The summed E-state index contributed by atoms with van der Waals surface area (Å²) in [6, 6.07) is 14.5. The van der Waals surface area contributed by atoms with E-state index in [9.17, 15) is 4.79 Å². The quantitative estimate of drug-likeness (QED) is 0.683. The molecule has 0 fully saturated rings. The zero-order valence-corrected chi connectivity index (χ0v) is 15.0. The molecule has 0 aliphatic carbocycles. The standard InChI is InChI=1S/C21H25NO3/c1-5-16(4)25-18-12-10-17(11-13-18)21(23)22-19-8-6-7-9-20(19)24-14-15(2)3/h6-13,16H,2,5,14H2,1,3-4H3,(H,22,23). The summed E-state index contributed by atoms with van der Waals surface area (Å²) in [6.45, 7) is 10.2. The Morgan fingerprint density at radius 3 is 2.48 bits per heavy atom. The molecule has 2 rings (SSSR count). The van der Waals surface area contributed by atoms with Gasteiger partial charge in [0.05, 0.1) is 11.8 Å². The summed E-state index contributed by atoms with van der Waals surface area (Å²) in [4.78, 5) is 12.5. The number of carbonyl (C=O) groups excluding carboxylic acids is 1. The predicted molar refractivity (Wildman–Crippen MR) is 102 cm³/mol. The Bertz CT molecular complexity index is 722. The van der Waals surface area contributed by atoms with Gasteiger partial charge in [-0.3, -0.25) is 4.79 Å².